The molecule has 0 amide bonds. The molecule has 1 aromatic rings. The average Bonchev–Trinajstić information content (AvgIpc) is 3.08. The summed E-state index contributed by atoms with van der Waals surface area (Å²) in [5.74, 6) is 0.316. The SMILES string of the molecule is CC=C1C[N+]2(C)CC[C@]34C(=C(C=O)C1CC32)Nc1ccccc14. The number of carbonyl (C=O) groups excluding carboxylic acids is 1. The van der Waals surface area contributed by atoms with Crippen LogP contribution in [0.25, 0.3) is 0 Å². The maximum absolute atomic E-state index is 12.0. The van der Waals surface area contributed by atoms with Gasteiger partial charge in [0.2, 0.25) is 0 Å². The summed E-state index contributed by atoms with van der Waals surface area (Å²) in [4.78, 5) is 12.0. The molecule has 0 aromatic heterocycles. The topological polar surface area (TPSA) is 29.1 Å². The van der Waals surface area contributed by atoms with Crippen molar-refractivity contribution in [3.05, 3.63) is 52.7 Å². The number of benzene rings is 1. The monoisotopic (exact) mass is 307 g/mol. The Bertz CT molecular complexity index is 793. The molecule has 5 rings (SSSR count). The minimum atomic E-state index is 0.0390. The second-order valence-electron chi connectivity index (χ2n) is 7.87. The first-order valence-corrected chi connectivity index (χ1v) is 8.70. The Morgan fingerprint density at radius 2 is 2.17 bits per heavy atom. The molecule has 2 bridgehead atoms. The zero-order chi connectivity index (χ0) is 15.8. The van der Waals surface area contributed by atoms with Gasteiger partial charge in [0, 0.05) is 35.7 Å². The third-order valence-corrected chi connectivity index (χ3v) is 7.06. The van der Waals surface area contributed by atoms with E-state index in [1.54, 1.807) is 0 Å². The molecule has 1 spiro atoms. The lowest BCUT2D eigenvalue weighted by Crippen LogP contribution is -2.61. The van der Waals surface area contributed by atoms with Crippen LogP contribution in [0.5, 0.6) is 0 Å². The highest BCUT2D eigenvalue weighted by atomic mass is 16.1. The number of nitrogens with one attached hydrogen (secondary N) is 1. The van der Waals surface area contributed by atoms with Crippen molar-refractivity contribution in [2.45, 2.75) is 31.2 Å². The van der Waals surface area contributed by atoms with Gasteiger partial charge >= 0.3 is 0 Å². The number of allylic oxidation sites excluding steroid dienone is 2. The molecule has 1 aromatic carbocycles. The molecular formula is C20H23N2O+. The van der Waals surface area contributed by atoms with Crippen LogP contribution < -0.4 is 5.32 Å². The maximum Gasteiger partial charge on any atom is 0.148 e. The van der Waals surface area contributed by atoms with E-state index in [9.17, 15) is 4.79 Å². The van der Waals surface area contributed by atoms with E-state index in [-0.39, 0.29) is 5.41 Å². The fourth-order valence-electron chi connectivity index (χ4n) is 6.07. The van der Waals surface area contributed by atoms with Crippen LogP contribution in [0, 0.1) is 5.92 Å². The van der Waals surface area contributed by atoms with Gasteiger partial charge in [-0.05, 0) is 24.1 Å². The molecule has 23 heavy (non-hydrogen) atoms. The van der Waals surface area contributed by atoms with Gasteiger partial charge in [-0.2, -0.15) is 0 Å². The summed E-state index contributed by atoms with van der Waals surface area (Å²) in [6.45, 7) is 4.42. The number of quaternary nitrogens is 1. The summed E-state index contributed by atoms with van der Waals surface area (Å²) in [7, 11) is 2.42. The first-order chi connectivity index (χ1) is 11.1. The van der Waals surface area contributed by atoms with E-state index < -0.39 is 0 Å². The minimum Gasteiger partial charge on any atom is -0.357 e. The number of hydrogen-bond acceptors (Lipinski definition) is 2. The predicted molar refractivity (Wildman–Crippen MR) is 91.0 cm³/mol. The fraction of sp³-hybridized carbons (Fsp3) is 0.450. The number of anilines is 1. The Labute approximate surface area is 137 Å². The maximum atomic E-state index is 12.0. The normalized spacial score (nSPS) is 41.6. The number of rotatable bonds is 1. The number of fused-ring (bicyclic) bond motifs is 2. The first kappa shape index (κ1) is 13.6. The van der Waals surface area contributed by atoms with Gasteiger partial charge in [-0.1, -0.05) is 24.3 Å². The molecule has 0 radical (unpaired) electrons. The molecule has 118 valence electrons. The number of hydrogen-bond donors (Lipinski definition) is 1. The van der Waals surface area contributed by atoms with Crippen molar-refractivity contribution in [2.75, 3.05) is 25.5 Å². The van der Waals surface area contributed by atoms with Crippen LogP contribution >= 0.6 is 0 Å². The molecule has 4 aliphatic rings. The van der Waals surface area contributed by atoms with Crippen molar-refractivity contribution >= 4 is 12.0 Å². The van der Waals surface area contributed by atoms with E-state index in [1.807, 2.05) is 0 Å². The van der Waals surface area contributed by atoms with Gasteiger partial charge in [0.25, 0.3) is 0 Å². The van der Waals surface area contributed by atoms with Gasteiger partial charge < -0.3 is 9.80 Å². The van der Waals surface area contributed by atoms with Crippen molar-refractivity contribution < 1.29 is 9.28 Å². The van der Waals surface area contributed by atoms with Crippen molar-refractivity contribution in [3.8, 4) is 0 Å². The molecule has 3 nitrogen and oxygen atoms in total. The molecule has 0 saturated carbocycles. The van der Waals surface area contributed by atoms with Crippen molar-refractivity contribution in [1.82, 2.24) is 0 Å². The van der Waals surface area contributed by atoms with Crippen LogP contribution in [0.15, 0.2) is 47.2 Å². The van der Waals surface area contributed by atoms with E-state index in [0.29, 0.717) is 12.0 Å². The molecule has 1 N–H and O–H groups in total. The Hall–Kier alpha value is -1.87. The van der Waals surface area contributed by atoms with Crippen LogP contribution in [0.3, 0.4) is 0 Å². The Morgan fingerprint density at radius 1 is 1.35 bits per heavy atom. The molecule has 1 aliphatic carbocycles. The lowest BCUT2D eigenvalue weighted by Gasteiger charge is -2.51. The van der Waals surface area contributed by atoms with Gasteiger partial charge in [-0.25, -0.2) is 0 Å². The van der Waals surface area contributed by atoms with E-state index in [2.05, 4.69) is 49.6 Å². The smallest absolute Gasteiger partial charge is 0.148 e. The van der Waals surface area contributed by atoms with E-state index >= 15 is 0 Å². The Morgan fingerprint density at radius 3 is 2.96 bits per heavy atom. The summed E-state index contributed by atoms with van der Waals surface area (Å²) < 4.78 is 1.13. The molecule has 3 aliphatic heterocycles. The molecule has 4 atom stereocenters. The Kier molecular flexibility index (Phi) is 2.45. The third kappa shape index (κ3) is 1.38. The number of para-hydroxylation sites is 1. The number of carbonyl (C=O) groups is 1. The third-order valence-electron chi connectivity index (χ3n) is 7.06. The first-order valence-electron chi connectivity index (χ1n) is 8.70. The summed E-state index contributed by atoms with van der Waals surface area (Å²) in [6.07, 6.45) is 5.65. The van der Waals surface area contributed by atoms with E-state index in [4.69, 9.17) is 0 Å². The summed E-state index contributed by atoms with van der Waals surface area (Å²) in [5.41, 5.74) is 6.35. The fourth-order valence-corrected chi connectivity index (χ4v) is 6.07. The summed E-state index contributed by atoms with van der Waals surface area (Å²) in [5, 5.41) is 3.66. The van der Waals surface area contributed by atoms with E-state index in [0.717, 1.165) is 35.7 Å². The second kappa shape index (κ2) is 4.15. The highest BCUT2D eigenvalue weighted by Crippen LogP contribution is 2.62. The van der Waals surface area contributed by atoms with Crippen molar-refractivity contribution in [2.24, 2.45) is 5.92 Å². The second-order valence-corrected chi connectivity index (χ2v) is 7.87. The van der Waals surface area contributed by atoms with Gasteiger partial charge in [-0.3, -0.25) is 4.79 Å². The molecular weight excluding hydrogens is 284 g/mol. The number of aldehydes is 1. The predicted octanol–water partition coefficient (Wildman–Crippen LogP) is 3.00. The number of piperidine rings is 1. The lowest BCUT2D eigenvalue weighted by atomic mass is 9.61. The highest BCUT2D eigenvalue weighted by Gasteiger charge is 2.67. The van der Waals surface area contributed by atoms with E-state index in [1.165, 1.54) is 29.1 Å². The van der Waals surface area contributed by atoms with Crippen LogP contribution in [0.2, 0.25) is 0 Å². The lowest BCUT2D eigenvalue weighted by molar-refractivity contribution is -0.923. The standard InChI is InChI=1S/C20H22N2O/c1-3-13-11-22(2)9-8-20-16-6-4-5-7-17(16)21-19(20)15(12-23)14(13)10-18(20)22/h3-7,12,14,18H,8-11H2,1-2H3/p+1/t14?,18?,20-,22?/m1/s1. The summed E-state index contributed by atoms with van der Waals surface area (Å²) >= 11 is 0. The van der Waals surface area contributed by atoms with Crippen LogP contribution in [-0.2, 0) is 10.2 Å². The van der Waals surface area contributed by atoms with Gasteiger partial charge in [0.05, 0.1) is 19.0 Å². The Balaban J connectivity index is 1.85. The van der Waals surface area contributed by atoms with Crippen LogP contribution in [-0.4, -0.2) is 36.9 Å². The van der Waals surface area contributed by atoms with Gasteiger partial charge in [0.15, 0.2) is 0 Å². The number of likely N-dealkylation sites (N-methyl/N-ethyl adjacent to an activating group) is 1. The molecule has 3 heteroatoms. The van der Waals surface area contributed by atoms with Gasteiger partial charge in [0.1, 0.15) is 18.9 Å². The zero-order valence-electron chi connectivity index (χ0n) is 13.8. The molecule has 3 heterocycles. The van der Waals surface area contributed by atoms with Crippen LogP contribution in [0.4, 0.5) is 5.69 Å². The molecule has 2 saturated heterocycles. The quantitative estimate of drug-likeness (QED) is 0.491. The largest absolute Gasteiger partial charge is 0.357 e. The van der Waals surface area contributed by atoms with Gasteiger partial charge in [-0.15, -0.1) is 0 Å². The molecule has 2 fully saturated rings. The highest BCUT2D eigenvalue weighted by molar-refractivity contribution is 5.84. The van der Waals surface area contributed by atoms with Crippen molar-refractivity contribution in [3.63, 3.8) is 0 Å². The average molecular weight is 307 g/mol. The number of nitrogens with zero attached hydrogens (tertiary/aromatic N) is 1. The zero-order valence-corrected chi connectivity index (χ0v) is 13.8. The summed E-state index contributed by atoms with van der Waals surface area (Å²) in [6, 6.07) is 9.27. The van der Waals surface area contributed by atoms with Crippen molar-refractivity contribution in [1.29, 1.82) is 0 Å². The minimum absolute atomic E-state index is 0.0390. The molecule has 3 unspecified atom stereocenters. The van der Waals surface area contributed by atoms with Crippen LogP contribution in [0.1, 0.15) is 25.3 Å².